The number of carboxylic acid groups (broad SMARTS) is 1. The number of carbonyl (C=O) groups excluding carboxylic acids is 3. The van der Waals surface area contributed by atoms with Gasteiger partial charge in [0.05, 0.1) is 5.56 Å². The van der Waals surface area contributed by atoms with E-state index in [0.717, 1.165) is 13.8 Å². The van der Waals surface area contributed by atoms with Gasteiger partial charge < -0.3 is 5.11 Å². The number of imide groups is 1. The van der Waals surface area contributed by atoms with Gasteiger partial charge in [0.25, 0.3) is 5.91 Å². The van der Waals surface area contributed by atoms with Gasteiger partial charge in [-0.25, -0.2) is 4.79 Å². The molecule has 1 aromatic rings. The summed E-state index contributed by atoms with van der Waals surface area (Å²) in [6.45, 7) is 2.29. The smallest absolute Gasteiger partial charge is 0.335 e. The highest BCUT2D eigenvalue weighted by atomic mass is 16.4. The molecule has 0 bridgehead atoms. The van der Waals surface area contributed by atoms with Gasteiger partial charge in [-0.3, -0.25) is 19.8 Å². The molecule has 0 spiro atoms. The summed E-state index contributed by atoms with van der Waals surface area (Å²) in [6, 6.07) is 5.01. The lowest BCUT2D eigenvalue weighted by Crippen LogP contribution is -2.48. The van der Waals surface area contributed by atoms with Gasteiger partial charge in [-0.1, -0.05) is 0 Å². The van der Waals surface area contributed by atoms with Crippen LogP contribution in [-0.4, -0.2) is 33.8 Å². The Morgan fingerprint density at radius 1 is 1.00 bits per heavy atom. The third-order valence-corrected chi connectivity index (χ3v) is 2.17. The quantitative estimate of drug-likeness (QED) is 0.753. The number of benzene rings is 1. The largest absolute Gasteiger partial charge is 0.478 e. The monoisotopic (exact) mass is 264 g/mol. The Kier molecular flexibility index (Phi) is 4.36. The van der Waals surface area contributed by atoms with E-state index in [0.29, 0.717) is 5.01 Å². The SMILES string of the molecule is CC(=O)NN(C(C)=O)C(=O)c1ccc(C(=O)O)cc1. The average Bonchev–Trinajstić information content (AvgIpc) is 2.34. The summed E-state index contributed by atoms with van der Waals surface area (Å²) >= 11 is 0. The van der Waals surface area contributed by atoms with Crippen molar-refractivity contribution in [2.24, 2.45) is 0 Å². The van der Waals surface area contributed by atoms with Crippen LogP contribution < -0.4 is 5.43 Å². The molecule has 0 saturated heterocycles. The van der Waals surface area contributed by atoms with Crippen molar-refractivity contribution in [3.63, 3.8) is 0 Å². The molecule has 19 heavy (non-hydrogen) atoms. The van der Waals surface area contributed by atoms with Crippen LogP contribution in [-0.2, 0) is 9.59 Å². The maximum atomic E-state index is 11.9. The standard InChI is InChI=1S/C12H12N2O5/c1-7(15)13-14(8(2)16)11(17)9-3-5-10(6-4-9)12(18)19/h3-6H,1-2H3,(H,13,15)(H,18,19). The number of carbonyl (C=O) groups is 4. The molecular formula is C12H12N2O5. The van der Waals surface area contributed by atoms with Gasteiger partial charge in [0.2, 0.25) is 11.8 Å². The molecule has 0 heterocycles. The van der Waals surface area contributed by atoms with Gasteiger partial charge in [-0.05, 0) is 24.3 Å². The molecule has 1 rings (SSSR count). The Bertz CT molecular complexity index is 536. The Balaban J connectivity index is 2.99. The second-order valence-electron chi connectivity index (χ2n) is 3.71. The van der Waals surface area contributed by atoms with Crippen LogP contribution in [0.15, 0.2) is 24.3 Å². The minimum absolute atomic E-state index is 0.0189. The van der Waals surface area contributed by atoms with Crippen molar-refractivity contribution in [2.75, 3.05) is 0 Å². The third kappa shape index (κ3) is 3.63. The first-order valence-corrected chi connectivity index (χ1v) is 5.28. The predicted molar refractivity (Wildman–Crippen MR) is 64.1 cm³/mol. The Hall–Kier alpha value is -2.70. The summed E-state index contributed by atoms with van der Waals surface area (Å²) in [5.41, 5.74) is 2.20. The van der Waals surface area contributed by atoms with Crippen molar-refractivity contribution in [2.45, 2.75) is 13.8 Å². The minimum Gasteiger partial charge on any atom is -0.478 e. The number of hydrazine groups is 1. The van der Waals surface area contributed by atoms with E-state index in [1.54, 1.807) is 0 Å². The van der Waals surface area contributed by atoms with Crippen LogP contribution >= 0.6 is 0 Å². The van der Waals surface area contributed by atoms with E-state index in [1.165, 1.54) is 24.3 Å². The van der Waals surface area contributed by atoms with Gasteiger partial charge in [0.1, 0.15) is 0 Å². The van der Waals surface area contributed by atoms with E-state index in [1.807, 2.05) is 0 Å². The number of amides is 3. The fraction of sp³-hybridized carbons (Fsp3) is 0.167. The van der Waals surface area contributed by atoms with Gasteiger partial charge in [0, 0.05) is 19.4 Å². The highest BCUT2D eigenvalue weighted by molar-refractivity contribution is 6.05. The molecule has 0 saturated carbocycles. The first kappa shape index (κ1) is 14.4. The van der Waals surface area contributed by atoms with Crippen molar-refractivity contribution >= 4 is 23.7 Å². The highest BCUT2D eigenvalue weighted by Gasteiger charge is 2.21. The zero-order chi connectivity index (χ0) is 14.6. The summed E-state index contributed by atoms with van der Waals surface area (Å²) < 4.78 is 0. The molecular weight excluding hydrogens is 252 g/mol. The zero-order valence-corrected chi connectivity index (χ0v) is 10.3. The van der Waals surface area contributed by atoms with Crippen LogP contribution in [0.5, 0.6) is 0 Å². The second kappa shape index (κ2) is 5.76. The van der Waals surface area contributed by atoms with Crippen molar-refractivity contribution in [1.29, 1.82) is 0 Å². The lowest BCUT2D eigenvalue weighted by molar-refractivity contribution is -0.135. The number of carboxylic acids is 1. The molecule has 0 radical (unpaired) electrons. The first-order chi connectivity index (χ1) is 8.82. The van der Waals surface area contributed by atoms with E-state index in [-0.39, 0.29) is 11.1 Å². The fourth-order valence-corrected chi connectivity index (χ4v) is 1.31. The minimum atomic E-state index is -1.12. The molecule has 0 aliphatic rings. The molecule has 100 valence electrons. The number of hydrogen-bond acceptors (Lipinski definition) is 4. The molecule has 7 heteroatoms. The summed E-state index contributed by atoms with van der Waals surface area (Å²) in [5, 5.41) is 9.29. The Morgan fingerprint density at radius 2 is 1.47 bits per heavy atom. The lowest BCUT2D eigenvalue weighted by Gasteiger charge is -2.18. The van der Waals surface area contributed by atoms with Gasteiger partial charge in [-0.15, -0.1) is 0 Å². The number of hydrogen-bond donors (Lipinski definition) is 2. The molecule has 7 nitrogen and oxygen atoms in total. The Labute approximate surface area is 108 Å². The van der Waals surface area contributed by atoms with Gasteiger partial charge >= 0.3 is 5.97 Å². The molecule has 3 amide bonds. The second-order valence-corrected chi connectivity index (χ2v) is 3.71. The van der Waals surface area contributed by atoms with Crippen molar-refractivity contribution in [3.8, 4) is 0 Å². The molecule has 1 aromatic carbocycles. The summed E-state index contributed by atoms with van der Waals surface area (Å²) in [5.74, 6) is -3.07. The molecule has 0 fully saturated rings. The van der Waals surface area contributed by atoms with E-state index < -0.39 is 23.7 Å². The van der Waals surface area contributed by atoms with Crippen molar-refractivity contribution < 1.29 is 24.3 Å². The van der Waals surface area contributed by atoms with Crippen LogP contribution in [0, 0.1) is 0 Å². The molecule has 0 unspecified atom stereocenters. The van der Waals surface area contributed by atoms with Crippen molar-refractivity contribution in [1.82, 2.24) is 10.4 Å². The predicted octanol–water partition coefficient (Wildman–Crippen LogP) is 0.425. The molecule has 0 aromatic heterocycles. The van der Waals surface area contributed by atoms with Crippen LogP contribution in [0.3, 0.4) is 0 Å². The number of nitrogens with one attached hydrogen (secondary N) is 1. The molecule has 0 aliphatic carbocycles. The average molecular weight is 264 g/mol. The number of nitrogens with zero attached hydrogens (tertiary/aromatic N) is 1. The number of rotatable bonds is 2. The third-order valence-electron chi connectivity index (χ3n) is 2.17. The van der Waals surface area contributed by atoms with Crippen LogP contribution in [0.4, 0.5) is 0 Å². The zero-order valence-electron chi connectivity index (χ0n) is 10.3. The van der Waals surface area contributed by atoms with Gasteiger partial charge in [-0.2, -0.15) is 5.01 Å². The maximum absolute atomic E-state index is 11.9. The molecule has 2 N–H and O–H groups in total. The fourth-order valence-electron chi connectivity index (χ4n) is 1.31. The summed E-state index contributed by atoms with van der Waals surface area (Å²) in [7, 11) is 0. The van der Waals surface area contributed by atoms with E-state index in [2.05, 4.69) is 5.43 Å². The maximum Gasteiger partial charge on any atom is 0.335 e. The van der Waals surface area contributed by atoms with Gasteiger partial charge in [0.15, 0.2) is 0 Å². The van der Waals surface area contributed by atoms with Crippen LogP contribution in [0.1, 0.15) is 34.6 Å². The van der Waals surface area contributed by atoms with E-state index >= 15 is 0 Å². The normalized spacial score (nSPS) is 9.58. The van der Waals surface area contributed by atoms with Crippen LogP contribution in [0.25, 0.3) is 0 Å². The summed E-state index contributed by atoms with van der Waals surface area (Å²) in [6.07, 6.45) is 0. The highest BCUT2D eigenvalue weighted by Crippen LogP contribution is 2.07. The van der Waals surface area contributed by atoms with Crippen LogP contribution in [0.2, 0.25) is 0 Å². The van der Waals surface area contributed by atoms with E-state index in [9.17, 15) is 19.2 Å². The lowest BCUT2D eigenvalue weighted by atomic mass is 10.1. The number of aromatic carboxylic acids is 1. The van der Waals surface area contributed by atoms with E-state index in [4.69, 9.17) is 5.11 Å². The molecule has 0 atom stereocenters. The van der Waals surface area contributed by atoms with Crippen molar-refractivity contribution in [3.05, 3.63) is 35.4 Å². The summed E-state index contributed by atoms with van der Waals surface area (Å²) in [4.78, 5) is 44.8. The Morgan fingerprint density at radius 3 is 1.84 bits per heavy atom. The molecule has 0 aliphatic heterocycles. The first-order valence-electron chi connectivity index (χ1n) is 5.28. The topological polar surface area (TPSA) is 104 Å².